The van der Waals surface area contributed by atoms with E-state index in [2.05, 4.69) is 17.9 Å². The molecule has 1 atom stereocenters. The summed E-state index contributed by atoms with van der Waals surface area (Å²) in [7, 11) is 0. The van der Waals surface area contributed by atoms with Crippen LogP contribution in [0.25, 0.3) is 0 Å². The van der Waals surface area contributed by atoms with Crippen LogP contribution in [-0.2, 0) is 9.53 Å². The molecule has 1 saturated heterocycles. The standard InChI is InChI=1S/C16H23NO2/c1-3-19-16(18)15(17-11-7-4-8-12-17)14-10-6-5-9-13(14)2/h5-6,9-10,15H,3-4,7-8,11-12H2,1-2H3. The highest BCUT2D eigenvalue weighted by Crippen LogP contribution is 2.28. The average Bonchev–Trinajstić information content (AvgIpc) is 2.43. The molecule has 0 spiro atoms. The maximum absolute atomic E-state index is 12.3. The third-order valence-corrected chi connectivity index (χ3v) is 3.75. The van der Waals surface area contributed by atoms with Crippen molar-refractivity contribution >= 4 is 5.97 Å². The van der Waals surface area contributed by atoms with Crippen LogP contribution in [0.15, 0.2) is 24.3 Å². The molecule has 104 valence electrons. The summed E-state index contributed by atoms with van der Waals surface area (Å²) in [5.41, 5.74) is 2.24. The normalized spacial score (nSPS) is 18.0. The maximum atomic E-state index is 12.3. The molecule has 1 aliphatic heterocycles. The summed E-state index contributed by atoms with van der Waals surface area (Å²) in [5.74, 6) is -0.112. The highest BCUT2D eigenvalue weighted by atomic mass is 16.5. The lowest BCUT2D eigenvalue weighted by Crippen LogP contribution is -2.39. The molecule has 2 rings (SSSR count). The van der Waals surface area contributed by atoms with Gasteiger partial charge in [-0.15, -0.1) is 0 Å². The largest absolute Gasteiger partial charge is 0.465 e. The van der Waals surface area contributed by atoms with Gasteiger partial charge >= 0.3 is 5.97 Å². The molecule has 0 aromatic heterocycles. The van der Waals surface area contributed by atoms with Crippen molar-refractivity contribution in [2.75, 3.05) is 19.7 Å². The zero-order valence-electron chi connectivity index (χ0n) is 11.9. The first-order valence-electron chi connectivity index (χ1n) is 7.20. The molecular weight excluding hydrogens is 238 g/mol. The third kappa shape index (κ3) is 3.35. The van der Waals surface area contributed by atoms with Crippen molar-refractivity contribution < 1.29 is 9.53 Å². The highest BCUT2D eigenvalue weighted by molar-refractivity contribution is 5.78. The fraction of sp³-hybridized carbons (Fsp3) is 0.562. The van der Waals surface area contributed by atoms with Gasteiger partial charge in [-0.2, -0.15) is 0 Å². The van der Waals surface area contributed by atoms with Crippen molar-refractivity contribution in [2.45, 2.75) is 39.2 Å². The maximum Gasteiger partial charge on any atom is 0.328 e. The minimum absolute atomic E-state index is 0.112. The van der Waals surface area contributed by atoms with Crippen LogP contribution >= 0.6 is 0 Å². The van der Waals surface area contributed by atoms with Crippen LogP contribution in [0.3, 0.4) is 0 Å². The summed E-state index contributed by atoms with van der Waals surface area (Å²) in [6.45, 7) is 6.33. The lowest BCUT2D eigenvalue weighted by atomic mass is 9.98. The van der Waals surface area contributed by atoms with E-state index in [1.54, 1.807) is 0 Å². The zero-order valence-corrected chi connectivity index (χ0v) is 11.9. The number of likely N-dealkylation sites (tertiary alicyclic amines) is 1. The van der Waals surface area contributed by atoms with E-state index >= 15 is 0 Å². The number of ether oxygens (including phenoxy) is 1. The van der Waals surface area contributed by atoms with Crippen LogP contribution in [-0.4, -0.2) is 30.6 Å². The minimum atomic E-state index is -0.235. The number of aryl methyl sites for hydroxylation is 1. The summed E-state index contributed by atoms with van der Waals surface area (Å²) in [6, 6.07) is 7.88. The molecule has 3 nitrogen and oxygen atoms in total. The van der Waals surface area contributed by atoms with Crippen LogP contribution < -0.4 is 0 Å². The van der Waals surface area contributed by atoms with Gasteiger partial charge in [-0.3, -0.25) is 4.90 Å². The third-order valence-electron chi connectivity index (χ3n) is 3.75. The van der Waals surface area contributed by atoms with E-state index in [-0.39, 0.29) is 12.0 Å². The molecule has 0 aliphatic carbocycles. The summed E-state index contributed by atoms with van der Waals surface area (Å²) < 4.78 is 5.29. The number of esters is 1. The molecule has 0 N–H and O–H groups in total. The molecule has 0 amide bonds. The van der Waals surface area contributed by atoms with Crippen molar-refractivity contribution in [3.05, 3.63) is 35.4 Å². The second-order valence-corrected chi connectivity index (χ2v) is 5.11. The molecular formula is C16H23NO2. The second kappa shape index (κ2) is 6.71. The van der Waals surface area contributed by atoms with Gasteiger partial charge in [0.25, 0.3) is 0 Å². The van der Waals surface area contributed by atoms with Gasteiger partial charge in [-0.05, 0) is 50.9 Å². The Labute approximate surface area is 115 Å². The van der Waals surface area contributed by atoms with Crippen LogP contribution in [0, 0.1) is 6.92 Å². The van der Waals surface area contributed by atoms with Gasteiger partial charge in [0.15, 0.2) is 0 Å². The van der Waals surface area contributed by atoms with Gasteiger partial charge in [0.2, 0.25) is 0 Å². The SMILES string of the molecule is CCOC(=O)C(c1ccccc1C)N1CCCCC1. The Morgan fingerprint density at radius 2 is 1.95 bits per heavy atom. The molecule has 1 heterocycles. The average molecular weight is 261 g/mol. The Balaban J connectivity index is 2.28. The molecule has 19 heavy (non-hydrogen) atoms. The number of hydrogen-bond donors (Lipinski definition) is 0. The van der Waals surface area contributed by atoms with Crippen molar-refractivity contribution in [3.8, 4) is 0 Å². The van der Waals surface area contributed by atoms with Crippen molar-refractivity contribution in [3.63, 3.8) is 0 Å². The predicted octanol–water partition coefficient (Wildman–Crippen LogP) is 3.09. The fourth-order valence-electron chi connectivity index (χ4n) is 2.76. The lowest BCUT2D eigenvalue weighted by Gasteiger charge is -2.33. The van der Waals surface area contributed by atoms with E-state index in [1.807, 2.05) is 25.1 Å². The quantitative estimate of drug-likeness (QED) is 0.780. The van der Waals surface area contributed by atoms with E-state index in [4.69, 9.17) is 4.74 Å². The molecule has 1 unspecified atom stereocenters. The summed E-state index contributed by atoms with van der Waals surface area (Å²) >= 11 is 0. The van der Waals surface area contributed by atoms with E-state index in [0.29, 0.717) is 6.61 Å². The van der Waals surface area contributed by atoms with Crippen LogP contribution in [0.2, 0.25) is 0 Å². The monoisotopic (exact) mass is 261 g/mol. The van der Waals surface area contributed by atoms with Gasteiger partial charge in [0, 0.05) is 0 Å². The van der Waals surface area contributed by atoms with Gasteiger partial charge in [-0.25, -0.2) is 4.79 Å². The van der Waals surface area contributed by atoms with Crippen LogP contribution in [0.5, 0.6) is 0 Å². The first kappa shape index (κ1) is 14.1. The minimum Gasteiger partial charge on any atom is -0.465 e. The molecule has 1 aromatic carbocycles. The summed E-state index contributed by atoms with van der Waals surface area (Å²) in [4.78, 5) is 14.6. The van der Waals surface area contributed by atoms with Gasteiger partial charge < -0.3 is 4.74 Å². The first-order valence-corrected chi connectivity index (χ1v) is 7.20. The predicted molar refractivity (Wildman–Crippen MR) is 76.0 cm³/mol. The van der Waals surface area contributed by atoms with Gasteiger partial charge in [0.05, 0.1) is 6.61 Å². The smallest absolute Gasteiger partial charge is 0.328 e. The van der Waals surface area contributed by atoms with Crippen molar-refractivity contribution in [1.29, 1.82) is 0 Å². The molecule has 3 heteroatoms. The van der Waals surface area contributed by atoms with E-state index in [9.17, 15) is 4.79 Å². The number of nitrogens with zero attached hydrogens (tertiary/aromatic N) is 1. The first-order chi connectivity index (χ1) is 9.24. The number of benzene rings is 1. The van der Waals surface area contributed by atoms with Crippen molar-refractivity contribution in [2.24, 2.45) is 0 Å². The van der Waals surface area contributed by atoms with Crippen LogP contribution in [0.4, 0.5) is 0 Å². The summed E-state index contributed by atoms with van der Waals surface area (Å²) in [6.07, 6.45) is 3.60. The number of carbonyl (C=O) groups excluding carboxylic acids is 1. The Hall–Kier alpha value is -1.35. The lowest BCUT2D eigenvalue weighted by molar-refractivity contribution is -0.150. The molecule has 1 aliphatic rings. The number of piperidine rings is 1. The molecule has 1 fully saturated rings. The van der Waals surface area contributed by atoms with Crippen molar-refractivity contribution in [1.82, 2.24) is 4.90 Å². The topological polar surface area (TPSA) is 29.5 Å². The van der Waals surface area contributed by atoms with Gasteiger partial charge in [-0.1, -0.05) is 30.7 Å². The molecule has 0 radical (unpaired) electrons. The van der Waals surface area contributed by atoms with E-state index in [0.717, 1.165) is 24.2 Å². The highest BCUT2D eigenvalue weighted by Gasteiger charge is 2.30. The Morgan fingerprint density at radius 3 is 2.58 bits per heavy atom. The number of rotatable bonds is 4. The van der Waals surface area contributed by atoms with E-state index < -0.39 is 0 Å². The number of carbonyl (C=O) groups is 1. The molecule has 1 aromatic rings. The molecule has 0 bridgehead atoms. The Bertz CT molecular complexity index is 425. The van der Waals surface area contributed by atoms with E-state index in [1.165, 1.54) is 19.3 Å². The second-order valence-electron chi connectivity index (χ2n) is 5.11. The van der Waals surface area contributed by atoms with Crippen LogP contribution in [0.1, 0.15) is 43.4 Å². The number of hydrogen-bond acceptors (Lipinski definition) is 3. The zero-order chi connectivity index (χ0) is 13.7. The van der Waals surface area contributed by atoms with Gasteiger partial charge in [0.1, 0.15) is 6.04 Å². The molecule has 0 saturated carbocycles. The Kier molecular flexibility index (Phi) is 4.97. The Morgan fingerprint density at radius 1 is 1.26 bits per heavy atom. The fourth-order valence-corrected chi connectivity index (χ4v) is 2.76. The summed E-state index contributed by atoms with van der Waals surface area (Å²) in [5, 5.41) is 0.